The number of anilines is 1. The maximum Gasteiger partial charge on any atom is 0.298 e. The molecule has 2 fully saturated rings. The predicted molar refractivity (Wildman–Crippen MR) is 109 cm³/mol. The van der Waals surface area contributed by atoms with E-state index < -0.39 is 11.3 Å². The third-order valence-electron chi connectivity index (χ3n) is 6.27. The fourth-order valence-electron chi connectivity index (χ4n) is 4.50. The first-order chi connectivity index (χ1) is 15.0. The van der Waals surface area contributed by atoms with Crippen molar-refractivity contribution in [2.75, 3.05) is 31.1 Å². The number of nitrogens with one attached hydrogen (secondary N) is 1. The van der Waals surface area contributed by atoms with E-state index in [-0.39, 0.29) is 12.3 Å². The van der Waals surface area contributed by atoms with Gasteiger partial charge in [-0.1, -0.05) is 0 Å². The van der Waals surface area contributed by atoms with Gasteiger partial charge in [-0.25, -0.2) is 18.7 Å². The van der Waals surface area contributed by atoms with Crippen molar-refractivity contribution in [2.24, 2.45) is 5.41 Å². The maximum absolute atomic E-state index is 14.5. The summed E-state index contributed by atoms with van der Waals surface area (Å²) in [7, 11) is 0. The number of fused-ring (bicyclic) bond motifs is 1. The SMILES string of the molecule is O=COc1cncc2nc(-c3ccncc3)nc(N3CCC4(CC3)CNCC4(F)F)c12. The summed E-state index contributed by atoms with van der Waals surface area (Å²) in [5.74, 6) is -1.50. The van der Waals surface area contributed by atoms with E-state index in [9.17, 15) is 13.6 Å². The zero-order valence-electron chi connectivity index (χ0n) is 16.6. The molecule has 5 rings (SSSR count). The van der Waals surface area contributed by atoms with E-state index in [1.54, 1.807) is 30.7 Å². The van der Waals surface area contributed by atoms with E-state index in [1.807, 2.05) is 4.90 Å². The van der Waals surface area contributed by atoms with E-state index in [1.165, 1.54) is 6.20 Å². The molecule has 5 heterocycles. The van der Waals surface area contributed by atoms with Crippen molar-refractivity contribution in [3.05, 3.63) is 36.9 Å². The molecule has 10 heteroatoms. The van der Waals surface area contributed by atoms with Gasteiger partial charge in [-0.15, -0.1) is 0 Å². The van der Waals surface area contributed by atoms with Crippen LogP contribution in [0.25, 0.3) is 22.3 Å². The van der Waals surface area contributed by atoms with Crippen molar-refractivity contribution in [1.82, 2.24) is 25.3 Å². The number of rotatable bonds is 4. The molecule has 0 radical (unpaired) electrons. The largest absolute Gasteiger partial charge is 0.426 e. The fourth-order valence-corrected chi connectivity index (χ4v) is 4.50. The molecule has 0 amide bonds. The van der Waals surface area contributed by atoms with Crippen LogP contribution in [-0.2, 0) is 4.79 Å². The van der Waals surface area contributed by atoms with Gasteiger partial charge in [0, 0.05) is 37.6 Å². The number of carbonyl (C=O) groups is 1. The predicted octanol–water partition coefficient (Wildman–Crippen LogP) is 2.45. The second-order valence-electron chi connectivity index (χ2n) is 7.93. The number of hydrogen-bond acceptors (Lipinski definition) is 8. The Morgan fingerprint density at radius 3 is 2.52 bits per heavy atom. The zero-order chi connectivity index (χ0) is 21.5. The Bertz CT molecular complexity index is 1120. The number of carbonyl (C=O) groups excluding carboxylic acids is 1. The van der Waals surface area contributed by atoms with E-state index >= 15 is 0 Å². The summed E-state index contributed by atoms with van der Waals surface area (Å²) >= 11 is 0. The number of pyridine rings is 2. The minimum absolute atomic E-state index is 0.233. The topological polar surface area (TPSA) is 93.1 Å². The van der Waals surface area contributed by atoms with Crippen molar-refractivity contribution in [1.29, 1.82) is 0 Å². The summed E-state index contributed by atoms with van der Waals surface area (Å²) < 4.78 is 34.2. The molecule has 2 aliphatic heterocycles. The summed E-state index contributed by atoms with van der Waals surface area (Å²) in [4.78, 5) is 30.5. The van der Waals surface area contributed by atoms with Crippen molar-refractivity contribution in [3.63, 3.8) is 0 Å². The average Bonchev–Trinajstić information content (AvgIpc) is 3.07. The number of piperidine rings is 1. The van der Waals surface area contributed by atoms with Crippen LogP contribution in [0.1, 0.15) is 12.8 Å². The Hall–Kier alpha value is -3.27. The van der Waals surface area contributed by atoms with Crippen LogP contribution < -0.4 is 15.0 Å². The standard InChI is InChI=1S/C21H20F2N6O2/c22-21(23)12-26-11-20(21)3-7-29(8-4-20)19-17-15(9-25-10-16(17)31-13-30)27-18(28-19)14-1-5-24-6-2-14/h1-2,5-6,9-10,13,26H,3-4,7-8,11-12H2. The molecule has 1 N–H and O–H groups in total. The second-order valence-corrected chi connectivity index (χ2v) is 7.93. The zero-order valence-corrected chi connectivity index (χ0v) is 16.6. The summed E-state index contributed by atoms with van der Waals surface area (Å²) in [5.41, 5.74) is 0.230. The first-order valence-electron chi connectivity index (χ1n) is 10.0. The van der Waals surface area contributed by atoms with Gasteiger partial charge < -0.3 is 15.0 Å². The lowest BCUT2D eigenvalue weighted by molar-refractivity contribution is -0.120. The smallest absolute Gasteiger partial charge is 0.298 e. The summed E-state index contributed by atoms with van der Waals surface area (Å²) in [5, 5.41) is 3.38. The van der Waals surface area contributed by atoms with Crippen molar-refractivity contribution in [2.45, 2.75) is 18.8 Å². The minimum Gasteiger partial charge on any atom is -0.426 e. The lowest BCUT2D eigenvalue weighted by atomic mass is 9.75. The average molecular weight is 426 g/mol. The van der Waals surface area contributed by atoms with Crippen molar-refractivity contribution in [3.8, 4) is 17.1 Å². The van der Waals surface area contributed by atoms with Crippen molar-refractivity contribution >= 4 is 23.2 Å². The summed E-state index contributed by atoms with van der Waals surface area (Å²) in [6, 6.07) is 3.58. The molecule has 2 saturated heterocycles. The molecular weight excluding hydrogens is 406 g/mol. The Labute approximate surface area is 176 Å². The van der Waals surface area contributed by atoms with E-state index in [4.69, 9.17) is 9.72 Å². The van der Waals surface area contributed by atoms with Gasteiger partial charge in [0.1, 0.15) is 5.82 Å². The number of alkyl halides is 2. The van der Waals surface area contributed by atoms with Gasteiger partial charge >= 0.3 is 0 Å². The van der Waals surface area contributed by atoms with Crippen LogP contribution >= 0.6 is 0 Å². The monoisotopic (exact) mass is 426 g/mol. The molecule has 8 nitrogen and oxygen atoms in total. The molecular formula is C21H20F2N6O2. The molecule has 0 unspecified atom stereocenters. The number of ether oxygens (including phenoxy) is 1. The van der Waals surface area contributed by atoms with Gasteiger partial charge in [-0.05, 0) is 25.0 Å². The molecule has 31 heavy (non-hydrogen) atoms. The maximum atomic E-state index is 14.5. The van der Waals surface area contributed by atoms with Crippen LogP contribution in [0.15, 0.2) is 36.9 Å². The van der Waals surface area contributed by atoms with Crippen LogP contribution in [0.4, 0.5) is 14.6 Å². The van der Waals surface area contributed by atoms with Crippen LogP contribution in [-0.4, -0.2) is 58.5 Å². The van der Waals surface area contributed by atoms with Crippen LogP contribution in [0.2, 0.25) is 0 Å². The third-order valence-corrected chi connectivity index (χ3v) is 6.27. The number of nitrogens with zero attached hydrogens (tertiary/aromatic N) is 5. The first kappa shape index (κ1) is 19.7. The number of aromatic nitrogens is 4. The molecule has 3 aromatic rings. The Morgan fingerprint density at radius 2 is 1.84 bits per heavy atom. The van der Waals surface area contributed by atoms with E-state index in [0.717, 1.165) is 5.56 Å². The van der Waals surface area contributed by atoms with Gasteiger partial charge in [0.25, 0.3) is 12.4 Å². The van der Waals surface area contributed by atoms with Crippen LogP contribution in [0, 0.1) is 5.41 Å². The normalized spacial score (nSPS) is 19.6. The van der Waals surface area contributed by atoms with Gasteiger partial charge in [0.2, 0.25) is 0 Å². The Morgan fingerprint density at radius 1 is 1.06 bits per heavy atom. The molecule has 0 saturated carbocycles. The highest BCUT2D eigenvalue weighted by Gasteiger charge is 2.57. The number of hydrogen-bond donors (Lipinski definition) is 1. The molecule has 2 aliphatic rings. The molecule has 0 atom stereocenters. The van der Waals surface area contributed by atoms with E-state index in [2.05, 4.69) is 20.3 Å². The van der Waals surface area contributed by atoms with Crippen LogP contribution in [0.3, 0.4) is 0 Å². The highest BCUT2D eigenvalue weighted by atomic mass is 19.3. The lowest BCUT2D eigenvalue weighted by Gasteiger charge is -2.42. The molecule has 160 valence electrons. The summed E-state index contributed by atoms with van der Waals surface area (Å²) in [6.07, 6.45) is 6.95. The second kappa shape index (κ2) is 7.45. The van der Waals surface area contributed by atoms with E-state index in [0.29, 0.717) is 61.5 Å². The third kappa shape index (κ3) is 3.27. The van der Waals surface area contributed by atoms with Gasteiger partial charge in [-0.2, -0.15) is 0 Å². The van der Waals surface area contributed by atoms with Gasteiger partial charge in [0.15, 0.2) is 11.6 Å². The minimum atomic E-state index is -2.73. The van der Waals surface area contributed by atoms with Crippen molar-refractivity contribution < 1.29 is 18.3 Å². The van der Waals surface area contributed by atoms with Crippen LogP contribution in [0.5, 0.6) is 5.75 Å². The highest BCUT2D eigenvalue weighted by molar-refractivity contribution is 5.96. The molecule has 3 aromatic heterocycles. The van der Waals surface area contributed by atoms with Gasteiger partial charge in [0.05, 0.1) is 35.3 Å². The Balaban J connectivity index is 1.59. The quantitative estimate of drug-likeness (QED) is 0.636. The molecule has 0 aromatic carbocycles. The molecule has 1 spiro atoms. The fraction of sp³-hybridized carbons (Fsp3) is 0.381. The number of halogens is 2. The Kier molecular flexibility index (Phi) is 4.73. The first-order valence-corrected chi connectivity index (χ1v) is 10.0. The molecule has 0 bridgehead atoms. The molecule has 0 aliphatic carbocycles. The highest BCUT2D eigenvalue weighted by Crippen LogP contribution is 2.48. The van der Waals surface area contributed by atoms with Gasteiger partial charge in [-0.3, -0.25) is 14.8 Å². The summed E-state index contributed by atoms with van der Waals surface area (Å²) in [6.45, 7) is 1.17. The lowest BCUT2D eigenvalue weighted by Crippen LogP contribution is -2.49.